The van der Waals surface area contributed by atoms with Gasteiger partial charge in [0.15, 0.2) is 0 Å². The van der Waals surface area contributed by atoms with Crippen molar-refractivity contribution >= 4 is 28.5 Å². The van der Waals surface area contributed by atoms with E-state index in [1.165, 1.54) is 0 Å². The number of nitrogens with one attached hydrogen (secondary N) is 1. The van der Waals surface area contributed by atoms with Gasteiger partial charge in [0.2, 0.25) is 5.95 Å². The number of rotatable bonds is 4. The quantitative estimate of drug-likeness (QED) is 0.869. The average molecular weight is 305 g/mol. The molecule has 0 bridgehead atoms. The fraction of sp³-hybridized carbons (Fsp3) is 0.600. The number of hydrogen-bond donors (Lipinski definition) is 1. The van der Waals surface area contributed by atoms with E-state index in [-0.39, 0.29) is 0 Å². The van der Waals surface area contributed by atoms with Crippen LogP contribution in [0, 0.1) is 8.99 Å². The molecule has 1 heterocycles. The Labute approximate surface area is 98.9 Å². The molecule has 0 unspecified atom stereocenters. The lowest BCUT2D eigenvalue weighted by atomic mass is 9.90. The molecule has 0 fully saturated rings. The maximum atomic E-state index is 4.19. The Morgan fingerprint density at radius 3 is 2.43 bits per heavy atom. The van der Waals surface area contributed by atoms with E-state index in [0.717, 1.165) is 16.5 Å². The molecule has 0 amide bonds. The van der Waals surface area contributed by atoms with E-state index in [1.54, 1.807) is 0 Å². The first-order valence-electron chi connectivity index (χ1n) is 4.75. The summed E-state index contributed by atoms with van der Waals surface area (Å²) >= 11 is 2.20. The summed E-state index contributed by atoms with van der Waals surface area (Å²) < 4.78 is 1.06. The minimum atomic E-state index is 0.298. The standard InChI is InChI=1S/C10H16IN3/c1-4-10(2,3)7-14-9-12-5-8(11)6-13-9/h5-6H,4,7H2,1-3H3,(H,12,13,14). The molecule has 0 aromatic carbocycles. The molecule has 14 heavy (non-hydrogen) atoms. The van der Waals surface area contributed by atoms with Crippen molar-refractivity contribution in [3.8, 4) is 0 Å². The number of halogens is 1. The van der Waals surface area contributed by atoms with Crippen molar-refractivity contribution < 1.29 is 0 Å². The molecular weight excluding hydrogens is 289 g/mol. The Bertz CT molecular complexity index is 282. The van der Waals surface area contributed by atoms with Crippen LogP contribution in [0.1, 0.15) is 27.2 Å². The van der Waals surface area contributed by atoms with Crippen LogP contribution in [0.25, 0.3) is 0 Å². The second-order valence-electron chi connectivity index (χ2n) is 4.10. The summed E-state index contributed by atoms with van der Waals surface area (Å²) in [5, 5.41) is 3.24. The largest absolute Gasteiger partial charge is 0.354 e. The van der Waals surface area contributed by atoms with Gasteiger partial charge in [-0.2, -0.15) is 0 Å². The lowest BCUT2D eigenvalue weighted by molar-refractivity contribution is 0.376. The van der Waals surface area contributed by atoms with Crippen LogP contribution in [0.2, 0.25) is 0 Å². The summed E-state index contributed by atoms with van der Waals surface area (Å²) in [4.78, 5) is 8.37. The topological polar surface area (TPSA) is 37.8 Å². The third-order valence-corrected chi connectivity index (χ3v) is 2.86. The van der Waals surface area contributed by atoms with Gasteiger partial charge in [0, 0.05) is 22.5 Å². The molecule has 0 aliphatic heterocycles. The Morgan fingerprint density at radius 1 is 1.36 bits per heavy atom. The molecule has 1 N–H and O–H groups in total. The zero-order chi connectivity index (χ0) is 10.6. The van der Waals surface area contributed by atoms with Crippen molar-refractivity contribution in [3.63, 3.8) is 0 Å². The van der Waals surface area contributed by atoms with Gasteiger partial charge in [-0.3, -0.25) is 0 Å². The summed E-state index contributed by atoms with van der Waals surface area (Å²) in [5.41, 5.74) is 0.298. The van der Waals surface area contributed by atoms with Gasteiger partial charge in [0.1, 0.15) is 0 Å². The van der Waals surface area contributed by atoms with Crippen LogP contribution in [0.4, 0.5) is 5.95 Å². The minimum absolute atomic E-state index is 0.298. The second-order valence-corrected chi connectivity index (χ2v) is 5.34. The molecule has 1 aromatic rings. The molecule has 1 rings (SSSR count). The molecule has 0 radical (unpaired) electrons. The first-order valence-corrected chi connectivity index (χ1v) is 5.83. The van der Waals surface area contributed by atoms with E-state index in [1.807, 2.05) is 12.4 Å². The number of nitrogens with zero attached hydrogens (tertiary/aromatic N) is 2. The Kier molecular flexibility index (Phi) is 4.10. The molecule has 4 heteroatoms. The Hall–Kier alpha value is -0.390. The van der Waals surface area contributed by atoms with E-state index in [4.69, 9.17) is 0 Å². The highest BCUT2D eigenvalue weighted by atomic mass is 127. The van der Waals surface area contributed by atoms with Crippen LogP contribution < -0.4 is 5.32 Å². The van der Waals surface area contributed by atoms with Gasteiger partial charge in [-0.15, -0.1) is 0 Å². The molecule has 0 saturated heterocycles. The van der Waals surface area contributed by atoms with Crippen molar-refractivity contribution in [1.82, 2.24) is 9.97 Å². The third kappa shape index (κ3) is 3.77. The highest BCUT2D eigenvalue weighted by molar-refractivity contribution is 14.1. The summed E-state index contributed by atoms with van der Waals surface area (Å²) in [5.74, 6) is 0.715. The first-order chi connectivity index (χ1) is 6.53. The minimum Gasteiger partial charge on any atom is -0.354 e. The molecule has 0 saturated carbocycles. The van der Waals surface area contributed by atoms with Gasteiger partial charge in [0.25, 0.3) is 0 Å². The highest BCUT2D eigenvalue weighted by Crippen LogP contribution is 2.19. The van der Waals surface area contributed by atoms with Gasteiger partial charge in [-0.05, 0) is 34.4 Å². The first kappa shape index (κ1) is 11.7. The zero-order valence-electron chi connectivity index (χ0n) is 8.84. The van der Waals surface area contributed by atoms with E-state index in [9.17, 15) is 0 Å². The Balaban J connectivity index is 2.50. The highest BCUT2D eigenvalue weighted by Gasteiger charge is 2.14. The Morgan fingerprint density at radius 2 is 1.93 bits per heavy atom. The molecule has 0 aliphatic carbocycles. The summed E-state index contributed by atoms with van der Waals surface area (Å²) in [6, 6.07) is 0. The molecular formula is C10H16IN3. The monoisotopic (exact) mass is 305 g/mol. The van der Waals surface area contributed by atoms with Crippen LogP contribution in [0.15, 0.2) is 12.4 Å². The van der Waals surface area contributed by atoms with E-state index < -0.39 is 0 Å². The normalized spacial score (nSPS) is 11.4. The average Bonchev–Trinajstić information content (AvgIpc) is 2.17. The summed E-state index contributed by atoms with van der Waals surface area (Å²) in [7, 11) is 0. The fourth-order valence-electron chi connectivity index (χ4n) is 0.847. The maximum Gasteiger partial charge on any atom is 0.222 e. The van der Waals surface area contributed by atoms with Crippen LogP contribution in [0.3, 0.4) is 0 Å². The number of aromatic nitrogens is 2. The van der Waals surface area contributed by atoms with Crippen molar-refractivity contribution in [3.05, 3.63) is 16.0 Å². The maximum absolute atomic E-state index is 4.19. The van der Waals surface area contributed by atoms with Crippen LogP contribution in [-0.2, 0) is 0 Å². The van der Waals surface area contributed by atoms with Crippen LogP contribution in [-0.4, -0.2) is 16.5 Å². The predicted octanol–water partition coefficient (Wildman–Crippen LogP) is 2.93. The molecule has 0 aliphatic rings. The predicted molar refractivity (Wildman–Crippen MR) is 67.3 cm³/mol. The molecule has 3 nitrogen and oxygen atoms in total. The zero-order valence-corrected chi connectivity index (χ0v) is 11.0. The summed E-state index contributed by atoms with van der Waals surface area (Å²) in [6.45, 7) is 7.56. The number of hydrogen-bond acceptors (Lipinski definition) is 3. The van der Waals surface area contributed by atoms with Crippen LogP contribution >= 0.6 is 22.6 Å². The van der Waals surface area contributed by atoms with Crippen molar-refractivity contribution in [2.45, 2.75) is 27.2 Å². The van der Waals surface area contributed by atoms with Crippen molar-refractivity contribution in [1.29, 1.82) is 0 Å². The van der Waals surface area contributed by atoms with E-state index >= 15 is 0 Å². The van der Waals surface area contributed by atoms with Gasteiger partial charge in [0.05, 0.1) is 0 Å². The number of anilines is 1. The fourth-order valence-corrected chi connectivity index (χ4v) is 1.13. The molecule has 0 spiro atoms. The van der Waals surface area contributed by atoms with Crippen LogP contribution in [0.5, 0.6) is 0 Å². The van der Waals surface area contributed by atoms with Gasteiger partial charge < -0.3 is 5.32 Å². The van der Waals surface area contributed by atoms with Crippen molar-refractivity contribution in [2.24, 2.45) is 5.41 Å². The van der Waals surface area contributed by atoms with E-state index in [0.29, 0.717) is 11.4 Å². The SMILES string of the molecule is CCC(C)(C)CNc1ncc(I)cn1. The molecule has 1 aromatic heterocycles. The van der Waals surface area contributed by atoms with Gasteiger partial charge in [-0.25, -0.2) is 9.97 Å². The van der Waals surface area contributed by atoms with E-state index in [2.05, 4.69) is 58.6 Å². The lowest BCUT2D eigenvalue weighted by Crippen LogP contribution is -2.22. The lowest BCUT2D eigenvalue weighted by Gasteiger charge is -2.22. The summed E-state index contributed by atoms with van der Waals surface area (Å²) in [6.07, 6.45) is 4.77. The molecule has 78 valence electrons. The van der Waals surface area contributed by atoms with Gasteiger partial charge in [-0.1, -0.05) is 20.8 Å². The van der Waals surface area contributed by atoms with Crippen molar-refractivity contribution in [2.75, 3.05) is 11.9 Å². The third-order valence-electron chi connectivity index (χ3n) is 2.30. The molecule has 0 atom stereocenters. The second kappa shape index (κ2) is 4.91. The smallest absolute Gasteiger partial charge is 0.222 e. The van der Waals surface area contributed by atoms with Gasteiger partial charge >= 0.3 is 0 Å².